The van der Waals surface area contributed by atoms with Crippen molar-refractivity contribution in [3.8, 4) is 5.75 Å². The number of Topliss-reactive ketones (excluding diaryl/α,β-unsaturated/α-hetero) is 1. The Morgan fingerprint density at radius 1 is 1.40 bits per heavy atom. The molecule has 0 amide bonds. The first-order chi connectivity index (χ1) is 7.27. The van der Waals surface area contributed by atoms with Gasteiger partial charge in [-0.05, 0) is 30.9 Å². The molecule has 0 aromatic heterocycles. The molecule has 0 N–H and O–H groups in total. The lowest BCUT2D eigenvalue weighted by atomic mass is 9.90. The molecule has 2 nitrogen and oxygen atoms in total. The first-order valence-electron chi connectivity index (χ1n) is 5.56. The Balaban J connectivity index is 2.12. The monoisotopic (exact) mass is 202 g/mol. The van der Waals surface area contributed by atoms with Crippen molar-refractivity contribution < 1.29 is 9.53 Å². The van der Waals surface area contributed by atoms with Crippen molar-refractivity contribution in [2.75, 3.05) is 6.61 Å². The van der Waals surface area contributed by atoms with Crippen molar-refractivity contribution in [1.29, 1.82) is 0 Å². The zero-order valence-electron chi connectivity index (χ0n) is 8.88. The maximum absolute atomic E-state index is 12.2. The van der Waals surface area contributed by atoms with Crippen LogP contribution < -0.4 is 4.74 Å². The lowest BCUT2D eigenvalue weighted by molar-refractivity contribution is 0.0797. The van der Waals surface area contributed by atoms with Crippen LogP contribution in [0.1, 0.15) is 35.7 Å². The Kier molecular flexibility index (Phi) is 1.70. The lowest BCUT2D eigenvalue weighted by Crippen LogP contribution is -2.29. The van der Waals surface area contributed by atoms with Gasteiger partial charge in [0.15, 0.2) is 5.78 Å². The van der Waals surface area contributed by atoms with Gasteiger partial charge in [-0.1, -0.05) is 19.1 Å². The van der Waals surface area contributed by atoms with E-state index in [1.807, 2.05) is 18.2 Å². The molecule has 15 heavy (non-hydrogen) atoms. The molecule has 0 atom stereocenters. The number of para-hydroxylation sites is 1. The fraction of sp³-hybridized carbons (Fsp3) is 0.462. The van der Waals surface area contributed by atoms with Crippen molar-refractivity contribution in [3.05, 3.63) is 29.3 Å². The molecule has 78 valence electrons. The zero-order valence-corrected chi connectivity index (χ0v) is 8.88. The van der Waals surface area contributed by atoms with Crippen LogP contribution in [0.25, 0.3) is 0 Å². The molecular weight excluding hydrogens is 188 g/mol. The molecule has 1 fully saturated rings. The third-order valence-corrected chi connectivity index (χ3v) is 3.55. The van der Waals surface area contributed by atoms with Crippen LogP contribution >= 0.6 is 0 Å². The molecule has 3 rings (SSSR count). The summed E-state index contributed by atoms with van der Waals surface area (Å²) in [4.78, 5) is 12.2. The second-order valence-electron chi connectivity index (χ2n) is 4.55. The van der Waals surface area contributed by atoms with E-state index in [2.05, 4.69) is 6.92 Å². The van der Waals surface area contributed by atoms with Gasteiger partial charge >= 0.3 is 0 Å². The quantitative estimate of drug-likeness (QED) is 0.699. The van der Waals surface area contributed by atoms with E-state index < -0.39 is 0 Å². The second-order valence-corrected chi connectivity index (χ2v) is 4.55. The molecule has 0 unspecified atom stereocenters. The van der Waals surface area contributed by atoms with Crippen LogP contribution in [0.3, 0.4) is 0 Å². The second kappa shape index (κ2) is 2.84. The summed E-state index contributed by atoms with van der Waals surface area (Å²) in [5, 5.41) is 0. The van der Waals surface area contributed by atoms with Gasteiger partial charge in [0.1, 0.15) is 12.4 Å². The van der Waals surface area contributed by atoms with E-state index in [9.17, 15) is 4.79 Å². The van der Waals surface area contributed by atoms with Crippen molar-refractivity contribution in [2.45, 2.75) is 26.2 Å². The summed E-state index contributed by atoms with van der Waals surface area (Å²) in [5.41, 5.74) is 1.81. The van der Waals surface area contributed by atoms with Crippen LogP contribution in [0, 0.1) is 5.41 Å². The topological polar surface area (TPSA) is 26.3 Å². The third-order valence-electron chi connectivity index (χ3n) is 3.55. The van der Waals surface area contributed by atoms with Gasteiger partial charge in [-0.3, -0.25) is 4.79 Å². The van der Waals surface area contributed by atoms with Gasteiger partial charge in [-0.25, -0.2) is 0 Å². The van der Waals surface area contributed by atoms with Gasteiger partial charge in [0, 0.05) is 0 Å². The first kappa shape index (κ1) is 8.96. The molecule has 2 heteroatoms. The third kappa shape index (κ3) is 1.14. The highest BCUT2D eigenvalue weighted by Gasteiger charge is 2.53. The maximum Gasteiger partial charge on any atom is 0.176 e. The molecule has 2 aliphatic rings. The van der Waals surface area contributed by atoms with E-state index in [-0.39, 0.29) is 5.41 Å². The Morgan fingerprint density at radius 3 is 2.87 bits per heavy atom. The van der Waals surface area contributed by atoms with Crippen molar-refractivity contribution >= 4 is 5.78 Å². The van der Waals surface area contributed by atoms with Crippen LogP contribution in [0.4, 0.5) is 0 Å². The summed E-state index contributed by atoms with van der Waals surface area (Å²) in [6, 6.07) is 5.90. The highest BCUT2D eigenvalue weighted by atomic mass is 16.5. The van der Waals surface area contributed by atoms with E-state index in [0.29, 0.717) is 12.4 Å². The van der Waals surface area contributed by atoms with Crippen LogP contribution in [0.5, 0.6) is 5.75 Å². The van der Waals surface area contributed by atoms with E-state index in [0.717, 1.165) is 36.1 Å². The highest BCUT2D eigenvalue weighted by Crippen LogP contribution is 2.52. The standard InChI is InChI=1S/C13H14O2/c1-2-9-4-3-5-10-11(9)15-8-13(6-7-13)12(10)14/h3-5H,2,6-8H2,1H3. The molecule has 1 heterocycles. The van der Waals surface area contributed by atoms with Crippen LogP contribution in [-0.2, 0) is 6.42 Å². The predicted octanol–water partition coefficient (Wildman–Crippen LogP) is 2.60. The Bertz CT molecular complexity index is 430. The van der Waals surface area contributed by atoms with E-state index in [1.54, 1.807) is 0 Å². The normalized spacial score (nSPS) is 21.0. The first-order valence-corrected chi connectivity index (χ1v) is 5.56. The minimum Gasteiger partial charge on any atom is -0.491 e. The molecule has 1 aromatic rings. The Morgan fingerprint density at radius 2 is 2.20 bits per heavy atom. The molecular formula is C13H14O2. The number of carbonyl (C=O) groups excluding carboxylic acids is 1. The van der Waals surface area contributed by atoms with Gasteiger partial charge in [-0.15, -0.1) is 0 Å². The number of carbonyl (C=O) groups is 1. The number of rotatable bonds is 1. The maximum atomic E-state index is 12.2. The minimum atomic E-state index is -0.140. The highest BCUT2D eigenvalue weighted by molar-refractivity contribution is 6.05. The van der Waals surface area contributed by atoms with E-state index >= 15 is 0 Å². The fourth-order valence-electron chi connectivity index (χ4n) is 2.30. The molecule has 1 spiro atoms. The molecule has 1 aromatic carbocycles. The molecule has 0 saturated heterocycles. The Labute approximate surface area is 89.2 Å². The average Bonchev–Trinajstić information content (AvgIpc) is 3.04. The molecule has 0 radical (unpaired) electrons. The van der Waals surface area contributed by atoms with Gasteiger partial charge < -0.3 is 4.74 Å². The van der Waals surface area contributed by atoms with E-state index in [1.165, 1.54) is 0 Å². The summed E-state index contributed by atoms with van der Waals surface area (Å²) in [6.07, 6.45) is 2.92. The molecule has 1 saturated carbocycles. The van der Waals surface area contributed by atoms with Crippen molar-refractivity contribution in [1.82, 2.24) is 0 Å². The predicted molar refractivity (Wildman–Crippen MR) is 57.3 cm³/mol. The summed E-state index contributed by atoms with van der Waals surface area (Å²) < 4.78 is 5.77. The number of ketones is 1. The van der Waals surface area contributed by atoms with E-state index in [4.69, 9.17) is 4.74 Å². The minimum absolute atomic E-state index is 0.140. The molecule has 1 aliphatic heterocycles. The lowest BCUT2D eigenvalue weighted by Gasteiger charge is -2.25. The summed E-state index contributed by atoms with van der Waals surface area (Å²) in [5.74, 6) is 1.14. The Hall–Kier alpha value is -1.31. The van der Waals surface area contributed by atoms with Crippen LogP contribution in [0.15, 0.2) is 18.2 Å². The van der Waals surface area contributed by atoms with Gasteiger partial charge in [0.2, 0.25) is 0 Å². The number of ether oxygens (including phenoxy) is 1. The average molecular weight is 202 g/mol. The van der Waals surface area contributed by atoms with Crippen molar-refractivity contribution in [2.24, 2.45) is 5.41 Å². The largest absolute Gasteiger partial charge is 0.491 e. The van der Waals surface area contributed by atoms with Gasteiger partial charge in [-0.2, -0.15) is 0 Å². The number of hydrogen-bond donors (Lipinski definition) is 0. The fourth-order valence-corrected chi connectivity index (χ4v) is 2.30. The van der Waals surface area contributed by atoms with Gasteiger partial charge in [0.25, 0.3) is 0 Å². The number of benzene rings is 1. The van der Waals surface area contributed by atoms with Gasteiger partial charge in [0.05, 0.1) is 11.0 Å². The summed E-state index contributed by atoms with van der Waals surface area (Å²) >= 11 is 0. The molecule has 1 aliphatic carbocycles. The number of fused-ring (bicyclic) bond motifs is 1. The SMILES string of the molecule is CCc1cccc2c1OCC1(CC1)C2=O. The zero-order chi connectivity index (χ0) is 10.5. The number of hydrogen-bond acceptors (Lipinski definition) is 2. The number of aryl methyl sites for hydroxylation is 1. The van der Waals surface area contributed by atoms with Crippen molar-refractivity contribution in [3.63, 3.8) is 0 Å². The molecule has 0 bridgehead atoms. The summed E-state index contributed by atoms with van der Waals surface area (Å²) in [7, 11) is 0. The summed E-state index contributed by atoms with van der Waals surface area (Å²) in [6.45, 7) is 2.68. The van der Waals surface area contributed by atoms with Crippen LogP contribution in [0.2, 0.25) is 0 Å². The smallest absolute Gasteiger partial charge is 0.176 e. The van der Waals surface area contributed by atoms with Crippen LogP contribution in [-0.4, -0.2) is 12.4 Å².